The molecule has 1 aliphatic rings. The number of aromatic nitrogens is 4. The molecule has 2 aromatic heterocycles. The monoisotopic (exact) mass is 522 g/mol. The van der Waals surface area contributed by atoms with Crippen molar-refractivity contribution in [3.05, 3.63) is 102 Å². The van der Waals surface area contributed by atoms with Crippen molar-refractivity contribution in [3.63, 3.8) is 0 Å². The topological polar surface area (TPSA) is 122 Å². The first-order valence-corrected chi connectivity index (χ1v) is 12.4. The van der Waals surface area contributed by atoms with E-state index in [0.29, 0.717) is 33.5 Å². The second-order valence-corrected chi connectivity index (χ2v) is 9.32. The largest absolute Gasteiger partial charge is 0.507 e. The number of carbonyl (C=O) groups excluding carboxylic acids is 2. The summed E-state index contributed by atoms with van der Waals surface area (Å²) in [7, 11) is 0. The van der Waals surface area contributed by atoms with Crippen LogP contribution in [0.1, 0.15) is 40.5 Å². The lowest BCUT2D eigenvalue weighted by molar-refractivity contribution is 0.102. The molecule has 0 atom stereocenters. The maximum absolute atomic E-state index is 14.0. The zero-order valence-electron chi connectivity index (χ0n) is 20.6. The summed E-state index contributed by atoms with van der Waals surface area (Å²) in [5, 5.41) is 20.7. The third-order valence-electron chi connectivity index (χ3n) is 6.53. The van der Waals surface area contributed by atoms with Crippen molar-refractivity contribution in [1.29, 1.82) is 0 Å². The maximum atomic E-state index is 14.0. The molecule has 3 N–H and O–H groups in total. The van der Waals surface area contributed by atoms with Crippen LogP contribution in [0.5, 0.6) is 5.75 Å². The number of nitrogens with zero attached hydrogens (tertiary/aromatic N) is 4. The zero-order chi connectivity index (χ0) is 26.9. The van der Waals surface area contributed by atoms with Gasteiger partial charge in [0.25, 0.3) is 5.91 Å². The third-order valence-corrected chi connectivity index (χ3v) is 6.53. The highest BCUT2D eigenvalue weighted by Gasteiger charge is 2.31. The van der Waals surface area contributed by atoms with E-state index in [9.17, 15) is 19.1 Å². The third kappa shape index (κ3) is 5.04. The summed E-state index contributed by atoms with van der Waals surface area (Å²) in [5.41, 5.74) is 3.70. The molecule has 39 heavy (non-hydrogen) atoms. The van der Waals surface area contributed by atoms with E-state index in [4.69, 9.17) is 0 Å². The summed E-state index contributed by atoms with van der Waals surface area (Å²) in [4.78, 5) is 34.3. The van der Waals surface area contributed by atoms with Crippen LogP contribution in [-0.4, -0.2) is 36.8 Å². The van der Waals surface area contributed by atoms with E-state index >= 15 is 0 Å². The van der Waals surface area contributed by atoms with Gasteiger partial charge < -0.3 is 15.7 Å². The van der Waals surface area contributed by atoms with Crippen LogP contribution in [-0.2, 0) is 6.54 Å². The Morgan fingerprint density at radius 1 is 1.00 bits per heavy atom. The number of nitrogens with one attached hydrogen (secondary N) is 2. The van der Waals surface area contributed by atoms with E-state index in [1.807, 2.05) is 18.2 Å². The Kier molecular flexibility index (Phi) is 6.20. The van der Waals surface area contributed by atoms with Crippen LogP contribution in [0.25, 0.3) is 22.3 Å². The van der Waals surface area contributed by atoms with Crippen molar-refractivity contribution in [3.8, 4) is 17.0 Å². The highest BCUT2D eigenvalue weighted by molar-refractivity contribution is 6.03. The lowest BCUT2D eigenvalue weighted by Gasteiger charge is -2.09. The summed E-state index contributed by atoms with van der Waals surface area (Å²) in [6.07, 6.45) is 3.26. The fourth-order valence-corrected chi connectivity index (χ4v) is 4.33. The lowest BCUT2D eigenvalue weighted by Crippen LogP contribution is -2.30. The van der Waals surface area contributed by atoms with E-state index in [1.165, 1.54) is 23.0 Å². The Morgan fingerprint density at radius 3 is 2.54 bits per heavy atom. The van der Waals surface area contributed by atoms with E-state index in [1.54, 1.807) is 42.5 Å². The van der Waals surface area contributed by atoms with Gasteiger partial charge in [-0.15, -0.1) is 0 Å². The second-order valence-electron chi connectivity index (χ2n) is 9.32. The summed E-state index contributed by atoms with van der Waals surface area (Å²) in [6.45, 7) is 0.0199. The molecule has 194 valence electrons. The molecular weight excluding hydrogens is 499 g/mol. The van der Waals surface area contributed by atoms with Crippen molar-refractivity contribution in [2.45, 2.75) is 25.3 Å². The number of phenolic OH excluding ortho intramolecular Hbond substituents is 1. The fourth-order valence-electron chi connectivity index (χ4n) is 4.33. The second kappa shape index (κ2) is 9.97. The van der Waals surface area contributed by atoms with Gasteiger partial charge in [-0.25, -0.2) is 14.2 Å². The molecule has 5 aromatic rings. The van der Waals surface area contributed by atoms with Gasteiger partial charge in [0.05, 0.1) is 28.6 Å². The van der Waals surface area contributed by atoms with Gasteiger partial charge in [0, 0.05) is 35.3 Å². The maximum Gasteiger partial charge on any atom is 0.342 e. The normalized spacial score (nSPS) is 12.8. The Balaban J connectivity index is 1.20. The smallest absolute Gasteiger partial charge is 0.342 e. The molecule has 6 rings (SSSR count). The van der Waals surface area contributed by atoms with E-state index in [2.05, 4.69) is 25.7 Å². The Hall–Kier alpha value is -5.12. The molecule has 0 radical (unpaired) electrons. The van der Waals surface area contributed by atoms with Crippen LogP contribution in [0.15, 0.2) is 79.0 Å². The molecule has 1 fully saturated rings. The highest BCUT2D eigenvalue weighted by Crippen LogP contribution is 2.42. The summed E-state index contributed by atoms with van der Waals surface area (Å²) >= 11 is 0. The van der Waals surface area contributed by atoms with Gasteiger partial charge in [-0.1, -0.05) is 30.3 Å². The predicted molar refractivity (Wildman–Crippen MR) is 143 cm³/mol. The van der Waals surface area contributed by atoms with Crippen molar-refractivity contribution in [1.82, 2.24) is 25.1 Å². The van der Waals surface area contributed by atoms with Crippen molar-refractivity contribution >= 4 is 28.7 Å². The zero-order valence-corrected chi connectivity index (χ0v) is 20.6. The number of fused-ring (bicyclic) bond motifs is 1. The van der Waals surface area contributed by atoms with Crippen molar-refractivity contribution in [2.75, 3.05) is 5.32 Å². The summed E-state index contributed by atoms with van der Waals surface area (Å²) in [6, 6.07) is 19.5. The Labute approximate surface area is 222 Å². The molecule has 0 aliphatic heterocycles. The van der Waals surface area contributed by atoms with Gasteiger partial charge in [-0.05, 0) is 49.2 Å². The average Bonchev–Trinajstić information content (AvgIpc) is 3.70. The number of phenols is 1. The van der Waals surface area contributed by atoms with Gasteiger partial charge in [0.2, 0.25) is 0 Å². The van der Waals surface area contributed by atoms with E-state index in [-0.39, 0.29) is 23.9 Å². The first kappa shape index (κ1) is 24.2. The number of halogens is 1. The SMILES string of the molecule is O=C(Nc1ccc(-c2cc(C3CC3)n(C(=O)NCc3ccccc3F)n2)c(O)c1)c1cnc2ccccc2n1. The minimum absolute atomic E-state index is 0.0199. The number of hydrogen-bond donors (Lipinski definition) is 3. The van der Waals surface area contributed by atoms with Crippen LogP contribution >= 0.6 is 0 Å². The minimum Gasteiger partial charge on any atom is -0.507 e. The van der Waals surface area contributed by atoms with Crippen LogP contribution < -0.4 is 10.6 Å². The summed E-state index contributed by atoms with van der Waals surface area (Å²) < 4.78 is 15.2. The van der Waals surface area contributed by atoms with Crippen LogP contribution in [0.3, 0.4) is 0 Å². The van der Waals surface area contributed by atoms with E-state index in [0.717, 1.165) is 18.5 Å². The molecule has 2 amide bonds. The van der Waals surface area contributed by atoms with Crippen molar-refractivity contribution < 1.29 is 19.1 Å². The molecule has 9 nitrogen and oxygen atoms in total. The summed E-state index contributed by atoms with van der Waals surface area (Å²) in [5.74, 6) is -0.788. The number of benzene rings is 3. The van der Waals surface area contributed by atoms with Crippen LogP contribution in [0.4, 0.5) is 14.9 Å². The average molecular weight is 523 g/mol. The van der Waals surface area contributed by atoms with Gasteiger partial charge >= 0.3 is 6.03 Å². The van der Waals surface area contributed by atoms with Gasteiger partial charge in [0.15, 0.2) is 0 Å². The Morgan fingerprint density at radius 2 is 1.77 bits per heavy atom. The van der Waals surface area contributed by atoms with E-state index < -0.39 is 17.8 Å². The van der Waals surface area contributed by atoms with Gasteiger partial charge in [-0.2, -0.15) is 9.78 Å². The minimum atomic E-state index is -0.480. The standard InChI is InChI=1S/C29H23FN6O3/c30-21-6-2-1-5-18(21)15-32-29(39)36-26(17-9-10-17)14-24(35-36)20-12-11-19(13-27(20)37)33-28(38)25-16-31-22-7-3-4-8-23(22)34-25/h1-8,11-14,16-17,37H,9-10,15H2,(H,32,39)(H,33,38). The van der Waals surface area contributed by atoms with Crippen molar-refractivity contribution in [2.24, 2.45) is 0 Å². The number of para-hydroxylation sites is 2. The molecule has 10 heteroatoms. The molecule has 0 saturated heterocycles. The number of hydrogen-bond acceptors (Lipinski definition) is 6. The van der Waals surface area contributed by atoms with Crippen LogP contribution in [0, 0.1) is 5.82 Å². The number of amides is 2. The quantitative estimate of drug-likeness (QED) is 0.281. The molecule has 1 saturated carbocycles. The molecule has 3 aromatic carbocycles. The Bertz CT molecular complexity index is 1730. The predicted octanol–water partition coefficient (Wildman–Crippen LogP) is 5.23. The van der Waals surface area contributed by atoms with Gasteiger partial charge in [0.1, 0.15) is 17.3 Å². The fraction of sp³-hybridized carbons (Fsp3) is 0.138. The first-order chi connectivity index (χ1) is 19.0. The molecule has 1 aliphatic carbocycles. The van der Waals surface area contributed by atoms with Crippen LogP contribution in [0.2, 0.25) is 0 Å². The molecule has 0 bridgehead atoms. The number of anilines is 1. The lowest BCUT2D eigenvalue weighted by atomic mass is 10.1. The number of carbonyl (C=O) groups is 2. The highest BCUT2D eigenvalue weighted by atomic mass is 19.1. The molecule has 0 spiro atoms. The van der Waals surface area contributed by atoms with Gasteiger partial charge in [-0.3, -0.25) is 9.78 Å². The number of aromatic hydroxyl groups is 1. The molecular formula is C29H23FN6O3. The first-order valence-electron chi connectivity index (χ1n) is 12.4. The number of rotatable bonds is 6. The molecule has 0 unspecified atom stereocenters. The molecule has 2 heterocycles.